The van der Waals surface area contributed by atoms with E-state index in [0.717, 1.165) is 12.8 Å². The lowest BCUT2D eigenvalue weighted by molar-refractivity contribution is 0.144. The van der Waals surface area contributed by atoms with E-state index >= 15 is 0 Å². The summed E-state index contributed by atoms with van der Waals surface area (Å²) in [4.78, 5) is 0. The second kappa shape index (κ2) is 2.24. The zero-order valence-electron chi connectivity index (χ0n) is 5.76. The minimum Gasteiger partial charge on any atom is -0.387 e. The van der Waals surface area contributed by atoms with Gasteiger partial charge in [-0.05, 0) is 31.1 Å². The molecule has 2 rings (SSSR count). The van der Waals surface area contributed by atoms with Crippen molar-refractivity contribution in [1.82, 2.24) is 0 Å². The molecular weight excluding hydrogens is 148 g/mol. The molecule has 0 radical (unpaired) electrons. The predicted molar refractivity (Wildman–Crippen MR) is 40.8 cm³/mol. The topological polar surface area (TPSA) is 20.2 Å². The summed E-state index contributed by atoms with van der Waals surface area (Å²) >= 11 is 5.81. The first-order valence-corrected chi connectivity index (χ1v) is 4.20. The van der Waals surface area contributed by atoms with Crippen molar-refractivity contribution in [2.75, 3.05) is 0 Å². The molecule has 0 aromatic carbocycles. The van der Waals surface area contributed by atoms with Gasteiger partial charge in [-0.3, -0.25) is 0 Å². The summed E-state index contributed by atoms with van der Waals surface area (Å²) in [7, 11) is 0. The Morgan fingerprint density at radius 1 is 1.50 bits per heavy atom. The number of fused-ring (bicyclic) bond motifs is 2. The van der Waals surface area contributed by atoms with Gasteiger partial charge in [0.1, 0.15) is 0 Å². The van der Waals surface area contributed by atoms with Gasteiger partial charge in [0.05, 0.1) is 6.10 Å². The molecule has 1 N–H and O–H groups in total. The van der Waals surface area contributed by atoms with Crippen molar-refractivity contribution in [2.45, 2.75) is 25.4 Å². The molecule has 0 spiro atoms. The molecule has 0 aromatic rings. The molecule has 0 amide bonds. The van der Waals surface area contributed by atoms with Gasteiger partial charge in [-0.25, -0.2) is 0 Å². The van der Waals surface area contributed by atoms with Gasteiger partial charge in [0.15, 0.2) is 0 Å². The average Bonchev–Trinajstić information content (AvgIpc) is 2.29. The molecule has 1 saturated carbocycles. The molecule has 3 atom stereocenters. The Kier molecular flexibility index (Phi) is 1.50. The van der Waals surface area contributed by atoms with Gasteiger partial charge in [0.2, 0.25) is 0 Å². The van der Waals surface area contributed by atoms with Crippen LogP contribution >= 0.6 is 11.6 Å². The van der Waals surface area contributed by atoms with Gasteiger partial charge in [-0.1, -0.05) is 17.7 Å². The molecule has 0 unspecified atom stereocenters. The van der Waals surface area contributed by atoms with E-state index in [-0.39, 0.29) is 6.10 Å². The molecule has 2 aliphatic carbocycles. The van der Waals surface area contributed by atoms with E-state index in [9.17, 15) is 5.11 Å². The summed E-state index contributed by atoms with van der Waals surface area (Å²) in [5.74, 6) is 1.13. The molecule has 1 nitrogen and oxygen atoms in total. The van der Waals surface area contributed by atoms with Crippen LogP contribution in [-0.4, -0.2) is 11.2 Å². The van der Waals surface area contributed by atoms with Crippen LogP contribution in [0.1, 0.15) is 19.3 Å². The fourth-order valence-electron chi connectivity index (χ4n) is 2.04. The Bertz CT molecular complexity index is 176. The van der Waals surface area contributed by atoms with Crippen molar-refractivity contribution in [3.8, 4) is 0 Å². The van der Waals surface area contributed by atoms with Crippen LogP contribution in [0.4, 0.5) is 0 Å². The highest BCUT2D eigenvalue weighted by Crippen LogP contribution is 2.41. The summed E-state index contributed by atoms with van der Waals surface area (Å²) in [5.41, 5.74) is 0. The van der Waals surface area contributed by atoms with E-state index in [1.807, 2.05) is 6.08 Å². The Balaban J connectivity index is 2.25. The second-order valence-corrected chi connectivity index (χ2v) is 3.77. The van der Waals surface area contributed by atoms with Crippen molar-refractivity contribution in [3.63, 3.8) is 0 Å². The van der Waals surface area contributed by atoms with Gasteiger partial charge in [0.25, 0.3) is 0 Å². The number of hydrogen-bond donors (Lipinski definition) is 1. The van der Waals surface area contributed by atoms with E-state index < -0.39 is 0 Å². The quantitative estimate of drug-likeness (QED) is 0.571. The third-order valence-corrected chi connectivity index (χ3v) is 2.99. The van der Waals surface area contributed by atoms with Crippen molar-refractivity contribution >= 4 is 11.6 Å². The van der Waals surface area contributed by atoms with Crippen LogP contribution in [0.2, 0.25) is 0 Å². The highest BCUT2D eigenvalue weighted by Gasteiger charge is 2.34. The molecule has 0 aromatic heterocycles. The van der Waals surface area contributed by atoms with Crippen LogP contribution < -0.4 is 0 Å². The van der Waals surface area contributed by atoms with Crippen LogP contribution in [0.5, 0.6) is 0 Å². The van der Waals surface area contributed by atoms with E-state index in [1.54, 1.807) is 0 Å². The smallest absolute Gasteiger partial charge is 0.0920 e. The zero-order chi connectivity index (χ0) is 7.14. The van der Waals surface area contributed by atoms with Gasteiger partial charge < -0.3 is 5.11 Å². The van der Waals surface area contributed by atoms with Crippen LogP contribution in [0.3, 0.4) is 0 Å². The maximum atomic E-state index is 9.46. The molecule has 2 aliphatic rings. The standard InChI is InChI=1S/C8H11ClO/c9-7-4-5-1-2-6(3-5)8(7)10/h4-6,8,10H,1-3H2/t5-,6+,8+/m1/s1. The van der Waals surface area contributed by atoms with E-state index in [1.165, 1.54) is 6.42 Å². The number of hydrogen-bond acceptors (Lipinski definition) is 1. The third-order valence-electron chi connectivity index (χ3n) is 2.64. The molecule has 0 aliphatic heterocycles. The zero-order valence-corrected chi connectivity index (χ0v) is 6.51. The number of halogens is 1. The van der Waals surface area contributed by atoms with Crippen molar-refractivity contribution < 1.29 is 5.11 Å². The first-order chi connectivity index (χ1) is 4.77. The van der Waals surface area contributed by atoms with Crippen molar-refractivity contribution in [1.29, 1.82) is 0 Å². The van der Waals surface area contributed by atoms with Crippen LogP contribution in [0.25, 0.3) is 0 Å². The SMILES string of the molecule is O[C@@H]1C(Cl)=C[C@@H]2CC[C@H]1C2. The van der Waals surface area contributed by atoms with Gasteiger partial charge >= 0.3 is 0 Å². The second-order valence-electron chi connectivity index (χ2n) is 3.33. The summed E-state index contributed by atoms with van der Waals surface area (Å²) < 4.78 is 0. The van der Waals surface area contributed by atoms with E-state index in [0.29, 0.717) is 16.9 Å². The van der Waals surface area contributed by atoms with Gasteiger partial charge in [-0.15, -0.1) is 0 Å². The Hall–Kier alpha value is -0.0100. The van der Waals surface area contributed by atoms with Crippen molar-refractivity contribution in [3.05, 3.63) is 11.1 Å². The minimum atomic E-state index is -0.347. The number of rotatable bonds is 0. The van der Waals surface area contributed by atoms with Crippen molar-refractivity contribution in [2.24, 2.45) is 11.8 Å². The maximum absolute atomic E-state index is 9.46. The third kappa shape index (κ3) is 0.886. The molecule has 2 bridgehead atoms. The first-order valence-electron chi connectivity index (χ1n) is 3.82. The van der Waals surface area contributed by atoms with Crippen LogP contribution in [0, 0.1) is 11.8 Å². The Morgan fingerprint density at radius 3 is 3.10 bits per heavy atom. The Labute approximate surface area is 65.7 Å². The van der Waals surface area contributed by atoms with Gasteiger partial charge in [0, 0.05) is 5.03 Å². The Morgan fingerprint density at radius 2 is 2.30 bits per heavy atom. The van der Waals surface area contributed by atoms with Crippen LogP contribution in [-0.2, 0) is 0 Å². The lowest BCUT2D eigenvalue weighted by atomic mass is 9.93. The number of allylic oxidation sites excluding steroid dienone is 1. The molecule has 0 saturated heterocycles. The van der Waals surface area contributed by atoms with E-state index in [4.69, 9.17) is 11.6 Å². The normalized spacial score (nSPS) is 45.4. The highest BCUT2D eigenvalue weighted by molar-refractivity contribution is 6.30. The summed E-state index contributed by atoms with van der Waals surface area (Å²) in [5, 5.41) is 10.1. The summed E-state index contributed by atoms with van der Waals surface area (Å²) in [6.45, 7) is 0. The first kappa shape index (κ1) is 6.68. The molecular formula is C8H11ClO. The highest BCUT2D eigenvalue weighted by atomic mass is 35.5. The van der Waals surface area contributed by atoms with Crippen LogP contribution in [0.15, 0.2) is 11.1 Å². The van der Waals surface area contributed by atoms with Gasteiger partial charge in [-0.2, -0.15) is 0 Å². The summed E-state index contributed by atoms with van der Waals surface area (Å²) in [6.07, 6.45) is 5.20. The largest absolute Gasteiger partial charge is 0.387 e. The molecule has 2 heteroatoms. The fourth-order valence-corrected chi connectivity index (χ4v) is 2.40. The summed E-state index contributed by atoms with van der Waals surface area (Å²) in [6, 6.07) is 0. The molecule has 1 fully saturated rings. The minimum absolute atomic E-state index is 0.347. The fraction of sp³-hybridized carbons (Fsp3) is 0.750. The average molecular weight is 159 g/mol. The molecule has 10 heavy (non-hydrogen) atoms. The number of aliphatic hydroxyl groups excluding tert-OH is 1. The monoisotopic (exact) mass is 158 g/mol. The predicted octanol–water partition coefficient (Wildman–Crippen LogP) is 1.90. The molecule has 0 heterocycles. The number of aliphatic hydroxyl groups is 1. The lowest BCUT2D eigenvalue weighted by Gasteiger charge is -2.21. The molecule has 56 valence electrons. The van der Waals surface area contributed by atoms with E-state index in [2.05, 4.69) is 0 Å². The lowest BCUT2D eigenvalue weighted by Crippen LogP contribution is -2.21. The maximum Gasteiger partial charge on any atom is 0.0920 e.